The SMILES string of the molecule is CCC(CC)(CS)CN(C)Cc1ccc(C)cc1. The minimum atomic E-state index is 0.364. The molecule has 0 aliphatic carbocycles. The van der Waals surface area contributed by atoms with Crippen LogP contribution < -0.4 is 0 Å². The first-order chi connectivity index (χ1) is 8.55. The van der Waals surface area contributed by atoms with E-state index in [-0.39, 0.29) is 0 Å². The highest BCUT2D eigenvalue weighted by atomic mass is 32.1. The summed E-state index contributed by atoms with van der Waals surface area (Å²) in [6.45, 7) is 8.83. The van der Waals surface area contributed by atoms with E-state index < -0.39 is 0 Å². The Hall–Kier alpha value is -0.470. The maximum atomic E-state index is 4.55. The summed E-state index contributed by atoms with van der Waals surface area (Å²) in [6.07, 6.45) is 2.40. The summed E-state index contributed by atoms with van der Waals surface area (Å²) in [5.41, 5.74) is 3.08. The predicted molar refractivity (Wildman–Crippen MR) is 84.4 cm³/mol. The molecule has 0 radical (unpaired) electrons. The van der Waals surface area contributed by atoms with Gasteiger partial charge in [0.15, 0.2) is 0 Å². The van der Waals surface area contributed by atoms with E-state index in [9.17, 15) is 0 Å². The third-order valence-corrected chi connectivity index (χ3v) is 4.68. The smallest absolute Gasteiger partial charge is 0.0230 e. The Morgan fingerprint density at radius 2 is 1.67 bits per heavy atom. The first-order valence-corrected chi connectivity index (χ1v) is 7.53. The molecule has 0 unspecified atom stereocenters. The van der Waals surface area contributed by atoms with Crippen molar-refractivity contribution in [1.29, 1.82) is 0 Å². The van der Waals surface area contributed by atoms with Gasteiger partial charge in [-0.05, 0) is 43.5 Å². The molecule has 0 spiro atoms. The van der Waals surface area contributed by atoms with Crippen molar-refractivity contribution in [2.75, 3.05) is 19.3 Å². The minimum Gasteiger partial charge on any atom is -0.302 e. The summed E-state index contributed by atoms with van der Waals surface area (Å²) in [5, 5.41) is 0. The molecule has 2 heteroatoms. The molecular weight excluding hydrogens is 238 g/mol. The Balaban J connectivity index is 2.60. The van der Waals surface area contributed by atoms with E-state index in [2.05, 4.69) is 69.6 Å². The number of benzene rings is 1. The zero-order valence-corrected chi connectivity index (χ0v) is 13.1. The Bertz CT molecular complexity index is 332. The van der Waals surface area contributed by atoms with Gasteiger partial charge < -0.3 is 4.90 Å². The Morgan fingerprint density at radius 1 is 1.11 bits per heavy atom. The molecule has 0 atom stereocenters. The molecule has 1 aromatic carbocycles. The Kier molecular flexibility index (Phi) is 6.24. The first-order valence-electron chi connectivity index (χ1n) is 6.90. The summed E-state index contributed by atoms with van der Waals surface area (Å²) in [6, 6.07) is 8.83. The summed E-state index contributed by atoms with van der Waals surface area (Å²) in [7, 11) is 2.21. The first kappa shape index (κ1) is 15.6. The van der Waals surface area contributed by atoms with Gasteiger partial charge >= 0.3 is 0 Å². The van der Waals surface area contributed by atoms with E-state index in [4.69, 9.17) is 0 Å². The summed E-state index contributed by atoms with van der Waals surface area (Å²) >= 11 is 4.55. The molecule has 0 amide bonds. The van der Waals surface area contributed by atoms with Gasteiger partial charge in [0.1, 0.15) is 0 Å². The van der Waals surface area contributed by atoms with Gasteiger partial charge in [-0.15, -0.1) is 0 Å². The Morgan fingerprint density at radius 3 is 2.11 bits per heavy atom. The molecule has 0 saturated carbocycles. The van der Waals surface area contributed by atoms with Gasteiger partial charge in [-0.1, -0.05) is 43.7 Å². The zero-order valence-electron chi connectivity index (χ0n) is 12.2. The number of rotatable bonds is 7. The maximum absolute atomic E-state index is 4.55. The molecule has 1 aromatic rings. The third kappa shape index (κ3) is 4.33. The molecule has 0 aromatic heterocycles. The quantitative estimate of drug-likeness (QED) is 0.724. The molecule has 0 aliphatic heterocycles. The highest BCUT2D eigenvalue weighted by molar-refractivity contribution is 7.80. The van der Waals surface area contributed by atoms with Gasteiger partial charge in [-0.25, -0.2) is 0 Å². The van der Waals surface area contributed by atoms with Gasteiger partial charge in [-0.2, -0.15) is 12.6 Å². The molecule has 0 fully saturated rings. The normalized spacial score (nSPS) is 12.1. The van der Waals surface area contributed by atoms with Crippen LogP contribution >= 0.6 is 12.6 Å². The van der Waals surface area contributed by atoms with Crippen molar-refractivity contribution in [2.45, 2.75) is 40.2 Å². The molecule has 1 rings (SSSR count). The number of nitrogens with zero attached hydrogens (tertiary/aromatic N) is 1. The van der Waals surface area contributed by atoms with Gasteiger partial charge in [-0.3, -0.25) is 0 Å². The van der Waals surface area contributed by atoms with Crippen LogP contribution in [0.1, 0.15) is 37.8 Å². The molecule has 102 valence electrons. The highest BCUT2D eigenvalue weighted by Crippen LogP contribution is 2.29. The van der Waals surface area contributed by atoms with Gasteiger partial charge in [0.05, 0.1) is 0 Å². The van der Waals surface area contributed by atoms with Crippen LogP contribution in [-0.4, -0.2) is 24.2 Å². The van der Waals surface area contributed by atoms with Crippen molar-refractivity contribution in [3.8, 4) is 0 Å². The van der Waals surface area contributed by atoms with Crippen molar-refractivity contribution in [2.24, 2.45) is 5.41 Å². The number of hydrogen-bond acceptors (Lipinski definition) is 2. The fourth-order valence-electron chi connectivity index (χ4n) is 2.38. The minimum absolute atomic E-state index is 0.364. The van der Waals surface area contributed by atoms with Crippen molar-refractivity contribution in [3.05, 3.63) is 35.4 Å². The lowest BCUT2D eigenvalue weighted by Crippen LogP contribution is -2.36. The molecule has 0 saturated heterocycles. The van der Waals surface area contributed by atoms with E-state index in [1.165, 1.54) is 24.0 Å². The average Bonchev–Trinajstić information content (AvgIpc) is 2.39. The van der Waals surface area contributed by atoms with Crippen molar-refractivity contribution in [3.63, 3.8) is 0 Å². The van der Waals surface area contributed by atoms with Crippen LogP contribution in [0, 0.1) is 12.3 Å². The lowest BCUT2D eigenvalue weighted by atomic mass is 9.84. The van der Waals surface area contributed by atoms with Crippen LogP contribution in [0.3, 0.4) is 0 Å². The van der Waals surface area contributed by atoms with Crippen LogP contribution in [0.5, 0.6) is 0 Å². The van der Waals surface area contributed by atoms with E-state index in [1.54, 1.807) is 0 Å². The molecular formula is C16H27NS. The van der Waals surface area contributed by atoms with Crippen LogP contribution in [-0.2, 0) is 6.54 Å². The predicted octanol–water partition coefficient (Wildman–Crippen LogP) is 4.16. The monoisotopic (exact) mass is 265 g/mol. The standard InChI is InChI=1S/C16H27NS/c1-5-16(6-2,13-18)12-17(4)11-15-9-7-14(3)8-10-15/h7-10,18H,5-6,11-13H2,1-4H3. The second kappa shape index (κ2) is 7.20. The highest BCUT2D eigenvalue weighted by Gasteiger charge is 2.25. The maximum Gasteiger partial charge on any atom is 0.0230 e. The number of thiol groups is 1. The van der Waals surface area contributed by atoms with Crippen molar-refractivity contribution < 1.29 is 0 Å². The van der Waals surface area contributed by atoms with E-state index in [0.29, 0.717) is 5.41 Å². The second-order valence-corrected chi connectivity index (χ2v) is 5.84. The van der Waals surface area contributed by atoms with E-state index in [0.717, 1.165) is 18.8 Å². The number of aryl methyl sites for hydroxylation is 1. The van der Waals surface area contributed by atoms with Crippen LogP contribution in [0.4, 0.5) is 0 Å². The molecule has 0 N–H and O–H groups in total. The van der Waals surface area contributed by atoms with Crippen molar-refractivity contribution in [1.82, 2.24) is 4.90 Å². The van der Waals surface area contributed by atoms with Crippen LogP contribution in [0.15, 0.2) is 24.3 Å². The van der Waals surface area contributed by atoms with Gasteiger partial charge in [0, 0.05) is 13.1 Å². The molecule has 18 heavy (non-hydrogen) atoms. The molecule has 0 bridgehead atoms. The zero-order chi connectivity index (χ0) is 13.6. The van der Waals surface area contributed by atoms with Crippen molar-refractivity contribution >= 4 is 12.6 Å². The van der Waals surface area contributed by atoms with Crippen LogP contribution in [0.2, 0.25) is 0 Å². The summed E-state index contributed by atoms with van der Waals surface area (Å²) < 4.78 is 0. The van der Waals surface area contributed by atoms with E-state index in [1.807, 2.05) is 0 Å². The lowest BCUT2D eigenvalue weighted by molar-refractivity contribution is 0.179. The Labute approximate surface area is 118 Å². The lowest BCUT2D eigenvalue weighted by Gasteiger charge is -2.34. The fourth-order valence-corrected chi connectivity index (χ4v) is 2.93. The molecule has 0 heterocycles. The topological polar surface area (TPSA) is 3.24 Å². The average molecular weight is 265 g/mol. The fraction of sp³-hybridized carbons (Fsp3) is 0.625. The van der Waals surface area contributed by atoms with Crippen LogP contribution in [0.25, 0.3) is 0 Å². The third-order valence-electron chi connectivity index (χ3n) is 4.01. The number of hydrogen-bond donors (Lipinski definition) is 1. The largest absolute Gasteiger partial charge is 0.302 e. The second-order valence-electron chi connectivity index (χ2n) is 5.52. The van der Waals surface area contributed by atoms with Gasteiger partial charge in [0.2, 0.25) is 0 Å². The summed E-state index contributed by atoms with van der Waals surface area (Å²) in [4.78, 5) is 2.42. The molecule has 0 aliphatic rings. The molecule has 1 nitrogen and oxygen atoms in total. The van der Waals surface area contributed by atoms with Gasteiger partial charge in [0.25, 0.3) is 0 Å². The summed E-state index contributed by atoms with van der Waals surface area (Å²) in [5.74, 6) is 0.970. The van der Waals surface area contributed by atoms with E-state index >= 15 is 0 Å².